The molecular formula is C12H16N2O4S. The first kappa shape index (κ1) is 13.7. The van der Waals surface area contributed by atoms with Gasteiger partial charge in [0.1, 0.15) is 5.75 Å². The van der Waals surface area contributed by atoms with E-state index in [9.17, 15) is 8.42 Å². The summed E-state index contributed by atoms with van der Waals surface area (Å²) in [4.78, 5) is 0. The van der Waals surface area contributed by atoms with E-state index >= 15 is 0 Å². The number of sulfonamides is 1. The molecule has 0 saturated heterocycles. The van der Waals surface area contributed by atoms with E-state index in [1.54, 1.807) is 12.1 Å². The second-order valence-electron chi connectivity index (χ2n) is 4.48. The molecule has 0 radical (unpaired) electrons. The third-order valence-electron chi connectivity index (χ3n) is 3.01. The van der Waals surface area contributed by atoms with Crippen LogP contribution in [0.1, 0.15) is 24.0 Å². The van der Waals surface area contributed by atoms with Gasteiger partial charge < -0.3 is 9.94 Å². The zero-order valence-electron chi connectivity index (χ0n) is 10.8. The van der Waals surface area contributed by atoms with Crippen LogP contribution in [0.15, 0.2) is 17.3 Å². The average Bonchev–Trinajstić information content (AvgIpc) is 2.35. The van der Waals surface area contributed by atoms with Crippen LogP contribution in [-0.2, 0) is 16.4 Å². The van der Waals surface area contributed by atoms with E-state index in [2.05, 4.69) is 9.88 Å². The molecule has 0 atom stereocenters. The summed E-state index contributed by atoms with van der Waals surface area (Å²) >= 11 is 0. The van der Waals surface area contributed by atoms with Crippen molar-refractivity contribution in [1.82, 2.24) is 0 Å². The second-order valence-corrected chi connectivity index (χ2v) is 6.23. The van der Waals surface area contributed by atoms with Gasteiger partial charge in [-0.2, -0.15) is 0 Å². The van der Waals surface area contributed by atoms with Crippen LogP contribution in [0.25, 0.3) is 0 Å². The third kappa shape index (κ3) is 2.98. The minimum Gasteiger partial charge on any atom is -0.495 e. The van der Waals surface area contributed by atoms with Gasteiger partial charge in [0, 0.05) is 5.56 Å². The van der Waals surface area contributed by atoms with Crippen LogP contribution < -0.4 is 9.46 Å². The quantitative estimate of drug-likeness (QED) is 0.651. The molecule has 0 fully saturated rings. The minimum absolute atomic E-state index is 0.405. The lowest BCUT2D eigenvalue weighted by atomic mass is 9.89. The smallest absolute Gasteiger partial charge is 0.229 e. The monoisotopic (exact) mass is 284 g/mol. The maximum atomic E-state index is 11.3. The maximum absolute atomic E-state index is 11.3. The number of aryl methyl sites for hydroxylation is 1. The van der Waals surface area contributed by atoms with E-state index in [0.717, 1.165) is 30.2 Å². The Morgan fingerprint density at radius 3 is 2.68 bits per heavy atom. The van der Waals surface area contributed by atoms with E-state index in [0.29, 0.717) is 23.6 Å². The van der Waals surface area contributed by atoms with Crippen molar-refractivity contribution in [2.45, 2.75) is 19.3 Å². The molecule has 2 N–H and O–H groups in total. The number of nitrogens with one attached hydrogen (secondary N) is 1. The zero-order chi connectivity index (χ0) is 14.0. The highest BCUT2D eigenvalue weighted by molar-refractivity contribution is 7.92. The number of methoxy groups -OCH3 is 1. The van der Waals surface area contributed by atoms with Gasteiger partial charge in [-0.15, -0.1) is 0 Å². The summed E-state index contributed by atoms with van der Waals surface area (Å²) in [6.45, 7) is 0. The molecule has 1 aliphatic rings. The fourth-order valence-corrected chi connectivity index (χ4v) is 2.79. The van der Waals surface area contributed by atoms with Crippen LogP contribution in [0.4, 0.5) is 5.69 Å². The zero-order valence-corrected chi connectivity index (χ0v) is 11.6. The Kier molecular flexibility index (Phi) is 3.66. The summed E-state index contributed by atoms with van der Waals surface area (Å²) < 4.78 is 30.3. The van der Waals surface area contributed by atoms with E-state index < -0.39 is 10.0 Å². The first-order valence-electron chi connectivity index (χ1n) is 5.84. The fraction of sp³-hybridized carbons (Fsp3) is 0.417. The Labute approximate surface area is 112 Å². The number of nitrogens with zero attached hydrogens (tertiary/aromatic N) is 1. The summed E-state index contributed by atoms with van der Waals surface area (Å²) in [5.74, 6) is 0.409. The van der Waals surface area contributed by atoms with Gasteiger partial charge in [-0.1, -0.05) is 5.16 Å². The Bertz CT molecular complexity index is 623. The molecule has 1 aliphatic carbocycles. The molecule has 0 amide bonds. The van der Waals surface area contributed by atoms with E-state index in [1.165, 1.54) is 7.11 Å². The van der Waals surface area contributed by atoms with Gasteiger partial charge in [0.25, 0.3) is 0 Å². The fourth-order valence-electron chi connectivity index (χ4n) is 2.23. The van der Waals surface area contributed by atoms with Crippen molar-refractivity contribution in [2.24, 2.45) is 5.16 Å². The van der Waals surface area contributed by atoms with E-state index in [4.69, 9.17) is 9.94 Å². The SMILES string of the molecule is COc1cc2c(cc1NS(C)(=O)=O)CCC/C2=N/O. The van der Waals surface area contributed by atoms with Gasteiger partial charge in [0.05, 0.1) is 24.8 Å². The van der Waals surface area contributed by atoms with Gasteiger partial charge in [0.2, 0.25) is 10.0 Å². The summed E-state index contributed by atoms with van der Waals surface area (Å²) in [7, 11) is -1.90. The standard InChI is InChI=1S/C12H16N2O4S/c1-18-12-7-9-8(4-3-5-10(9)13-15)6-11(12)14-19(2,16)17/h6-7,14-15H,3-5H2,1-2H3/b13-10-. The van der Waals surface area contributed by atoms with E-state index in [1.807, 2.05) is 0 Å². The van der Waals surface area contributed by atoms with Crippen LogP contribution in [0.5, 0.6) is 5.75 Å². The minimum atomic E-state index is -3.37. The molecular weight excluding hydrogens is 268 g/mol. The Morgan fingerprint density at radius 1 is 1.37 bits per heavy atom. The van der Waals surface area contributed by atoms with Crippen molar-refractivity contribution < 1.29 is 18.4 Å². The number of rotatable bonds is 3. The molecule has 0 aromatic heterocycles. The molecule has 0 heterocycles. The summed E-state index contributed by atoms with van der Waals surface area (Å²) in [5, 5.41) is 12.3. The van der Waals surface area contributed by atoms with Crippen LogP contribution in [-0.4, -0.2) is 32.7 Å². The molecule has 0 saturated carbocycles. The molecule has 0 unspecified atom stereocenters. The molecule has 7 heteroatoms. The summed E-state index contributed by atoms with van der Waals surface area (Å²) in [6.07, 6.45) is 3.48. The number of hydrogen-bond donors (Lipinski definition) is 2. The number of fused-ring (bicyclic) bond motifs is 1. The molecule has 19 heavy (non-hydrogen) atoms. The number of ether oxygens (including phenoxy) is 1. The Hall–Kier alpha value is -1.76. The number of oxime groups is 1. The highest BCUT2D eigenvalue weighted by atomic mass is 32.2. The van der Waals surface area contributed by atoms with Crippen LogP contribution >= 0.6 is 0 Å². The molecule has 104 valence electrons. The van der Waals surface area contributed by atoms with Crippen LogP contribution in [0.2, 0.25) is 0 Å². The maximum Gasteiger partial charge on any atom is 0.229 e. The Morgan fingerprint density at radius 2 is 2.11 bits per heavy atom. The molecule has 6 nitrogen and oxygen atoms in total. The van der Waals surface area contributed by atoms with Gasteiger partial charge in [-0.3, -0.25) is 4.72 Å². The first-order valence-corrected chi connectivity index (χ1v) is 7.73. The normalized spacial score (nSPS) is 17.1. The van der Waals surface area contributed by atoms with Crippen molar-refractivity contribution in [1.29, 1.82) is 0 Å². The van der Waals surface area contributed by atoms with Crippen LogP contribution in [0.3, 0.4) is 0 Å². The summed E-state index contributed by atoms with van der Waals surface area (Å²) in [5.41, 5.74) is 2.77. The average molecular weight is 284 g/mol. The van der Waals surface area contributed by atoms with Crippen molar-refractivity contribution >= 4 is 21.4 Å². The van der Waals surface area contributed by atoms with Crippen molar-refractivity contribution in [2.75, 3.05) is 18.1 Å². The lowest BCUT2D eigenvalue weighted by Crippen LogP contribution is -2.15. The van der Waals surface area contributed by atoms with Crippen molar-refractivity contribution in [3.05, 3.63) is 23.3 Å². The lowest BCUT2D eigenvalue weighted by molar-refractivity contribution is 0.317. The number of benzene rings is 1. The van der Waals surface area contributed by atoms with Crippen molar-refractivity contribution in [3.8, 4) is 5.75 Å². The van der Waals surface area contributed by atoms with Gasteiger partial charge in [-0.05, 0) is 37.0 Å². The topological polar surface area (TPSA) is 88.0 Å². The molecule has 0 aliphatic heterocycles. The number of hydrogen-bond acceptors (Lipinski definition) is 5. The molecule has 1 aromatic carbocycles. The highest BCUT2D eigenvalue weighted by Gasteiger charge is 2.20. The summed E-state index contributed by atoms with van der Waals surface area (Å²) in [6, 6.07) is 3.44. The number of anilines is 1. The molecule has 0 spiro atoms. The third-order valence-corrected chi connectivity index (χ3v) is 3.60. The Balaban J connectivity index is 2.53. The van der Waals surface area contributed by atoms with Gasteiger partial charge >= 0.3 is 0 Å². The molecule has 0 bridgehead atoms. The predicted octanol–water partition coefficient (Wildman–Crippen LogP) is 1.58. The lowest BCUT2D eigenvalue weighted by Gasteiger charge is -2.20. The van der Waals surface area contributed by atoms with E-state index in [-0.39, 0.29) is 0 Å². The largest absolute Gasteiger partial charge is 0.495 e. The van der Waals surface area contributed by atoms with Gasteiger partial charge in [0.15, 0.2) is 0 Å². The predicted molar refractivity (Wildman–Crippen MR) is 72.7 cm³/mol. The van der Waals surface area contributed by atoms with Gasteiger partial charge in [-0.25, -0.2) is 8.42 Å². The van der Waals surface area contributed by atoms with Crippen molar-refractivity contribution in [3.63, 3.8) is 0 Å². The highest BCUT2D eigenvalue weighted by Crippen LogP contribution is 2.33. The van der Waals surface area contributed by atoms with Crippen LogP contribution in [0, 0.1) is 0 Å². The second kappa shape index (κ2) is 5.08. The molecule has 2 rings (SSSR count). The molecule has 1 aromatic rings. The first-order chi connectivity index (χ1) is 8.94.